The summed E-state index contributed by atoms with van der Waals surface area (Å²) in [5.41, 5.74) is -0.702. The highest BCUT2D eigenvalue weighted by atomic mass is 16.3. The van der Waals surface area contributed by atoms with E-state index in [0.717, 1.165) is 13.1 Å². The van der Waals surface area contributed by atoms with Gasteiger partial charge in [-0.1, -0.05) is 0 Å². The third-order valence-corrected chi connectivity index (χ3v) is 3.13. The molecular formula is C11H24N2O3. The van der Waals surface area contributed by atoms with Crippen molar-refractivity contribution in [2.45, 2.75) is 31.4 Å². The molecule has 0 bridgehead atoms. The summed E-state index contributed by atoms with van der Waals surface area (Å²) in [6.45, 7) is 4.64. The summed E-state index contributed by atoms with van der Waals surface area (Å²) in [7, 11) is 0. The van der Waals surface area contributed by atoms with Gasteiger partial charge in [0.15, 0.2) is 0 Å². The van der Waals surface area contributed by atoms with Crippen LogP contribution in [0.15, 0.2) is 0 Å². The lowest BCUT2D eigenvalue weighted by Gasteiger charge is -2.28. The molecule has 0 saturated carbocycles. The number of nitrogens with zero attached hydrogens (tertiary/aromatic N) is 1. The summed E-state index contributed by atoms with van der Waals surface area (Å²) in [4.78, 5) is 2.24. The Kier molecular flexibility index (Phi) is 5.64. The third kappa shape index (κ3) is 4.35. The van der Waals surface area contributed by atoms with Gasteiger partial charge < -0.3 is 25.5 Å². The topological polar surface area (TPSA) is 76.0 Å². The molecular weight excluding hydrogens is 208 g/mol. The van der Waals surface area contributed by atoms with Crippen LogP contribution >= 0.6 is 0 Å². The van der Waals surface area contributed by atoms with Gasteiger partial charge in [0, 0.05) is 13.1 Å². The zero-order valence-corrected chi connectivity index (χ0v) is 10.0. The number of hydrogen-bond donors (Lipinski definition) is 4. The number of nitrogens with one attached hydrogen (secondary N) is 1. The van der Waals surface area contributed by atoms with Gasteiger partial charge >= 0.3 is 0 Å². The average Bonchev–Trinajstić information content (AvgIpc) is 2.79. The smallest absolute Gasteiger partial charge is 0.0791 e. The van der Waals surface area contributed by atoms with Crippen LogP contribution in [0.4, 0.5) is 0 Å². The third-order valence-electron chi connectivity index (χ3n) is 3.13. The SMILES string of the molecule is CC(CO)(CO)NCC(O)CN1CCCC1. The van der Waals surface area contributed by atoms with Crippen molar-refractivity contribution in [3.8, 4) is 0 Å². The number of hydrogen-bond acceptors (Lipinski definition) is 5. The molecule has 0 aromatic carbocycles. The molecule has 1 aliphatic rings. The van der Waals surface area contributed by atoms with E-state index in [0.29, 0.717) is 13.1 Å². The van der Waals surface area contributed by atoms with Gasteiger partial charge in [0.1, 0.15) is 0 Å². The minimum absolute atomic E-state index is 0.139. The molecule has 1 aliphatic heterocycles. The summed E-state index contributed by atoms with van der Waals surface area (Å²) >= 11 is 0. The van der Waals surface area contributed by atoms with Crippen molar-refractivity contribution in [2.75, 3.05) is 39.4 Å². The number of rotatable bonds is 7. The fraction of sp³-hybridized carbons (Fsp3) is 1.00. The number of aliphatic hydroxyl groups excluding tert-OH is 3. The Morgan fingerprint density at radius 2 is 1.81 bits per heavy atom. The molecule has 0 radical (unpaired) electrons. The molecule has 16 heavy (non-hydrogen) atoms. The molecule has 1 rings (SSSR count). The van der Waals surface area contributed by atoms with Crippen LogP contribution in [0.25, 0.3) is 0 Å². The van der Waals surface area contributed by atoms with Crippen LogP contribution in [0, 0.1) is 0 Å². The van der Waals surface area contributed by atoms with E-state index in [2.05, 4.69) is 10.2 Å². The molecule has 0 aromatic heterocycles. The summed E-state index contributed by atoms with van der Waals surface area (Å²) in [5.74, 6) is 0. The molecule has 0 aromatic rings. The molecule has 5 nitrogen and oxygen atoms in total. The van der Waals surface area contributed by atoms with E-state index in [-0.39, 0.29) is 13.2 Å². The lowest BCUT2D eigenvalue weighted by molar-refractivity contribution is 0.0736. The first-order valence-corrected chi connectivity index (χ1v) is 5.97. The van der Waals surface area contributed by atoms with Gasteiger partial charge in [0.05, 0.1) is 24.9 Å². The van der Waals surface area contributed by atoms with E-state index in [4.69, 9.17) is 10.2 Å². The molecule has 1 fully saturated rings. The van der Waals surface area contributed by atoms with Gasteiger partial charge in [-0.3, -0.25) is 0 Å². The van der Waals surface area contributed by atoms with Crippen molar-refractivity contribution in [1.29, 1.82) is 0 Å². The highest BCUT2D eigenvalue weighted by Crippen LogP contribution is 2.08. The molecule has 0 aliphatic carbocycles. The first-order chi connectivity index (χ1) is 7.59. The van der Waals surface area contributed by atoms with Gasteiger partial charge in [0.2, 0.25) is 0 Å². The minimum atomic E-state index is -0.702. The van der Waals surface area contributed by atoms with Crippen LogP contribution in [-0.4, -0.2) is 71.3 Å². The first kappa shape index (κ1) is 13.9. The molecule has 1 unspecified atom stereocenters. The summed E-state index contributed by atoms with van der Waals surface area (Å²) in [6, 6.07) is 0. The van der Waals surface area contributed by atoms with Gasteiger partial charge in [-0.2, -0.15) is 0 Å². The zero-order valence-electron chi connectivity index (χ0n) is 10.0. The summed E-state index contributed by atoms with van der Waals surface area (Å²) in [5, 5.41) is 30.9. The molecule has 96 valence electrons. The van der Waals surface area contributed by atoms with Crippen LogP contribution < -0.4 is 5.32 Å². The van der Waals surface area contributed by atoms with Crippen molar-refractivity contribution in [3.05, 3.63) is 0 Å². The van der Waals surface area contributed by atoms with Gasteiger partial charge in [-0.25, -0.2) is 0 Å². The molecule has 1 saturated heterocycles. The molecule has 5 heteroatoms. The fourth-order valence-corrected chi connectivity index (χ4v) is 1.85. The number of likely N-dealkylation sites (tertiary alicyclic amines) is 1. The Balaban J connectivity index is 2.20. The highest BCUT2D eigenvalue weighted by Gasteiger charge is 2.23. The van der Waals surface area contributed by atoms with E-state index in [9.17, 15) is 5.11 Å². The van der Waals surface area contributed by atoms with Crippen LogP contribution in [0.2, 0.25) is 0 Å². The highest BCUT2D eigenvalue weighted by molar-refractivity contribution is 4.83. The first-order valence-electron chi connectivity index (χ1n) is 5.97. The Bertz CT molecular complexity index is 192. The second kappa shape index (κ2) is 6.51. The van der Waals surface area contributed by atoms with E-state index in [1.165, 1.54) is 12.8 Å². The van der Waals surface area contributed by atoms with Crippen LogP contribution in [-0.2, 0) is 0 Å². The summed E-state index contributed by atoms with van der Waals surface area (Å²) in [6.07, 6.45) is 1.98. The fourth-order valence-electron chi connectivity index (χ4n) is 1.85. The quantitative estimate of drug-likeness (QED) is 0.442. The van der Waals surface area contributed by atoms with Gasteiger partial charge in [0.25, 0.3) is 0 Å². The van der Waals surface area contributed by atoms with E-state index >= 15 is 0 Å². The van der Waals surface area contributed by atoms with E-state index in [1.54, 1.807) is 6.92 Å². The Morgan fingerprint density at radius 1 is 1.25 bits per heavy atom. The number of β-amino-alcohol motifs (C(OH)–C–C–N with tert-alkyl or cyclic N) is 1. The monoisotopic (exact) mass is 232 g/mol. The minimum Gasteiger partial charge on any atom is -0.394 e. The van der Waals surface area contributed by atoms with Crippen molar-refractivity contribution in [3.63, 3.8) is 0 Å². The van der Waals surface area contributed by atoms with E-state index in [1.807, 2.05) is 0 Å². The molecule has 1 atom stereocenters. The maximum Gasteiger partial charge on any atom is 0.0791 e. The van der Waals surface area contributed by atoms with Crippen LogP contribution in [0.3, 0.4) is 0 Å². The normalized spacial score (nSPS) is 20.2. The maximum atomic E-state index is 9.80. The predicted molar refractivity (Wildman–Crippen MR) is 62.3 cm³/mol. The van der Waals surface area contributed by atoms with Crippen LogP contribution in [0.5, 0.6) is 0 Å². The largest absolute Gasteiger partial charge is 0.394 e. The van der Waals surface area contributed by atoms with Gasteiger partial charge in [-0.15, -0.1) is 0 Å². The maximum absolute atomic E-state index is 9.80. The Hall–Kier alpha value is -0.200. The zero-order chi connectivity index (χ0) is 12.0. The molecule has 4 N–H and O–H groups in total. The van der Waals surface area contributed by atoms with Crippen molar-refractivity contribution < 1.29 is 15.3 Å². The van der Waals surface area contributed by atoms with Gasteiger partial charge in [-0.05, 0) is 32.9 Å². The predicted octanol–water partition coefficient (Wildman–Crippen LogP) is -1.22. The molecule has 0 spiro atoms. The second-order valence-electron chi connectivity index (χ2n) is 4.92. The average molecular weight is 232 g/mol. The Labute approximate surface area is 97.1 Å². The van der Waals surface area contributed by atoms with Crippen LogP contribution in [0.1, 0.15) is 19.8 Å². The summed E-state index contributed by atoms with van der Waals surface area (Å²) < 4.78 is 0. The number of aliphatic hydroxyl groups is 3. The lowest BCUT2D eigenvalue weighted by Crippen LogP contribution is -2.52. The Morgan fingerprint density at radius 3 is 2.31 bits per heavy atom. The van der Waals surface area contributed by atoms with Crippen molar-refractivity contribution in [2.24, 2.45) is 0 Å². The molecule has 1 heterocycles. The van der Waals surface area contributed by atoms with Crippen molar-refractivity contribution >= 4 is 0 Å². The lowest BCUT2D eigenvalue weighted by atomic mass is 10.1. The second-order valence-corrected chi connectivity index (χ2v) is 4.92. The van der Waals surface area contributed by atoms with E-state index < -0.39 is 11.6 Å². The van der Waals surface area contributed by atoms with Crippen molar-refractivity contribution in [1.82, 2.24) is 10.2 Å². The standard InChI is InChI=1S/C11H24N2O3/c1-11(8-14,9-15)12-6-10(16)7-13-4-2-3-5-13/h10,12,14-16H,2-9H2,1H3. The molecule has 0 amide bonds.